The molecule has 6 rings (SSSR count). The van der Waals surface area contributed by atoms with Crippen LogP contribution >= 0.6 is 11.3 Å². The number of hydrogen-bond donors (Lipinski definition) is 0. The van der Waals surface area contributed by atoms with Gasteiger partial charge < -0.3 is 4.90 Å². The highest BCUT2D eigenvalue weighted by Gasteiger charge is 2.40. The van der Waals surface area contributed by atoms with Crippen LogP contribution in [0.1, 0.15) is 67.3 Å². The highest BCUT2D eigenvalue weighted by Crippen LogP contribution is 2.56. The maximum Gasteiger partial charge on any atom is 0.197 e. The zero-order chi connectivity index (χ0) is 25.4. The fraction of sp³-hybridized carbons (Fsp3) is 0.188. The van der Waals surface area contributed by atoms with Crippen molar-refractivity contribution in [2.75, 3.05) is 4.90 Å². The number of thiophene rings is 1. The van der Waals surface area contributed by atoms with Crippen LogP contribution in [0.25, 0.3) is 6.08 Å². The van der Waals surface area contributed by atoms with Crippen molar-refractivity contribution in [3.8, 4) is 0 Å². The minimum atomic E-state index is -0.226. The standard InChI is InChI=1S/C32H27NO2S/c1-18-13-14-22-23(15-18)30(35)24(29(22)34)16-21-17-26-31(36-21)33(28-19(2)9-8-10-20(28)3)27-12-7-6-11-25(27)32(26,4)5/h6-17H,1-5H3/b24-16+. The third-order valence-electron chi connectivity index (χ3n) is 7.53. The molecule has 1 aliphatic heterocycles. The normalized spacial score (nSPS) is 16.8. The number of allylic oxidation sites excluding steroid dienone is 1. The van der Waals surface area contributed by atoms with Crippen LogP contribution in [-0.2, 0) is 5.41 Å². The minimum absolute atomic E-state index is 0.181. The number of para-hydroxylation sites is 2. The van der Waals surface area contributed by atoms with Crippen LogP contribution in [0.2, 0.25) is 0 Å². The van der Waals surface area contributed by atoms with E-state index < -0.39 is 0 Å². The quantitative estimate of drug-likeness (QED) is 0.210. The lowest BCUT2D eigenvalue weighted by molar-refractivity contribution is 0.0990. The molecule has 3 nitrogen and oxygen atoms in total. The Morgan fingerprint density at radius 3 is 2.22 bits per heavy atom. The number of aryl methyl sites for hydroxylation is 3. The molecule has 4 aromatic rings. The first kappa shape index (κ1) is 22.7. The van der Waals surface area contributed by atoms with E-state index in [1.165, 1.54) is 33.6 Å². The van der Waals surface area contributed by atoms with Crippen LogP contribution in [0.5, 0.6) is 0 Å². The van der Waals surface area contributed by atoms with E-state index in [1.54, 1.807) is 23.5 Å². The number of nitrogens with zero attached hydrogens (tertiary/aromatic N) is 1. The second kappa shape index (κ2) is 7.87. The summed E-state index contributed by atoms with van der Waals surface area (Å²) in [5, 5.41) is 1.13. The van der Waals surface area contributed by atoms with E-state index in [9.17, 15) is 9.59 Å². The average molecular weight is 490 g/mol. The SMILES string of the molecule is Cc1ccc2c(c1)C(=O)/C(=C/c1cc3c(s1)N(c1c(C)cccc1C)c1ccccc1C3(C)C)C2=O. The molecule has 1 aromatic heterocycles. The first-order chi connectivity index (χ1) is 17.2. The molecule has 0 fully saturated rings. The lowest BCUT2D eigenvalue weighted by atomic mass is 9.75. The largest absolute Gasteiger partial charge is 0.301 e. The number of carbonyl (C=O) groups excluding carboxylic acids is 2. The Bertz CT molecular complexity index is 1620. The summed E-state index contributed by atoms with van der Waals surface area (Å²) < 4.78 is 0. The van der Waals surface area contributed by atoms with Crippen molar-refractivity contribution >= 4 is 45.4 Å². The van der Waals surface area contributed by atoms with Crippen molar-refractivity contribution in [3.63, 3.8) is 0 Å². The fourth-order valence-corrected chi connectivity index (χ4v) is 6.91. The number of Topliss-reactive ketones (excluding diaryl/α,β-unsaturated/α-hetero) is 2. The predicted molar refractivity (Wildman–Crippen MR) is 148 cm³/mol. The van der Waals surface area contributed by atoms with Gasteiger partial charge in [-0.3, -0.25) is 9.59 Å². The van der Waals surface area contributed by atoms with E-state index in [0.717, 1.165) is 15.4 Å². The molecule has 0 saturated carbocycles. The van der Waals surface area contributed by atoms with E-state index in [-0.39, 0.29) is 22.6 Å². The van der Waals surface area contributed by atoms with Crippen molar-refractivity contribution in [2.45, 2.75) is 40.0 Å². The molecule has 1 aliphatic carbocycles. The van der Waals surface area contributed by atoms with Crippen molar-refractivity contribution in [2.24, 2.45) is 0 Å². The van der Waals surface area contributed by atoms with E-state index in [1.807, 2.05) is 19.1 Å². The van der Waals surface area contributed by atoms with Gasteiger partial charge in [-0.25, -0.2) is 0 Å². The van der Waals surface area contributed by atoms with Gasteiger partial charge in [0.15, 0.2) is 11.6 Å². The Kier molecular flexibility index (Phi) is 4.96. The van der Waals surface area contributed by atoms with Gasteiger partial charge in [0.25, 0.3) is 0 Å². The van der Waals surface area contributed by atoms with Crippen LogP contribution in [0.3, 0.4) is 0 Å². The Labute approximate surface area is 215 Å². The Morgan fingerprint density at radius 2 is 1.47 bits per heavy atom. The smallest absolute Gasteiger partial charge is 0.197 e. The van der Waals surface area contributed by atoms with Crippen molar-refractivity contribution in [3.05, 3.63) is 116 Å². The number of fused-ring (bicyclic) bond motifs is 3. The summed E-state index contributed by atoms with van der Waals surface area (Å²) >= 11 is 1.64. The van der Waals surface area contributed by atoms with Crippen molar-refractivity contribution in [1.29, 1.82) is 0 Å². The minimum Gasteiger partial charge on any atom is -0.301 e. The third-order valence-corrected chi connectivity index (χ3v) is 8.60. The van der Waals surface area contributed by atoms with Crippen LogP contribution in [0.15, 0.2) is 72.3 Å². The number of anilines is 3. The molecular weight excluding hydrogens is 462 g/mol. The highest BCUT2D eigenvalue weighted by molar-refractivity contribution is 7.17. The number of carbonyl (C=O) groups is 2. The Balaban J connectivity index is 1.55. The van der Waals surface area contributed by atoms with Crippen molar-refractivity contribution in [1.82, 2.24) is 0 Å². The Hall–Kier alpha value is -3.76. The van der Waals surface area contributed by atoms with Crippen LogP contribution in [0.4, 0.5) is 16.4 Å². The number of benzene rings is 3. The van der Waals surface area contributed by atoms with E-state index in [0.29, 0.717) is 11.1 Å². The van der Waals surface area contributed by atoms with Gasteiger partial charge >= 0.3 is 0 Å². The summed E-state index contributed by atoms with van der Waals surface area (Å²) in [5.41, 5.74) is 9.24. The van der Waals surface area contributed by atoms with Gasteiger partial charge in [0.2, 0.25) is 0 Å². The summed E-state index contributed by atoms with van der Waals surface area (Å²) in [6.07, 6.45) is 1.80. The van der Waals surface area contributed by atoms with Gasteiger partial charge in [-0.05, 0) is 67.3 Å². The van der Waals surface area contributed by atoms with Gasteiger partial charge in [-0.15, -0.1) is 11.3 Å². The summed E-state index contributed by atoms with van der Waals surface area (Å²) in [7, 11) is 0. The molecule has 0 radical (unpaired) electrons. The average Bonchev–Trinajstić information content (AvgIpc) is 3.37. The molecule has 0 amide bonds. The lowest BCUT2D eigenvalue weighted by Gasteiger charge is -2.40. The molecule has 0 bridgehead atoms. The van der Waals surface area contributed by atoms with Crippen molar-refractivity contribution < 1.29 is 9.59 Å². The van der Waals surface area contributed by atoms with E-state index >= 15 is 0 Å². The topological polar surface area (TPSA) is 37.4 Å². The molecule has 3 aromatic carbocycles. The van der Waals surface area contributed by atoms with Gasteiger partial charge in [0, 0.05) is 21.4 Å². The number of rotatable bonds is 2. The molecule has 0 N–H and O–H groups in total. The van der Waals surface area contributed by atoms with Gasteiger partial charge in [-0.2, -0.15) is 0 Å². The molecule has 2 heterocycles. The summed E-state index contributed by atoms with van der Waals surface area (Å²) in [6, 6.07) is 22.6. The number of hydrogen-bond acceptors (Lipinski definition) is 4. The van der Waals surface area contributed by atoms with E-state index in [2.05, 4.69) is 81.1 Å². The predicted octanol–water partition coefficient (Wildman–Crippen LogP) is 8.25. The van der Waals surface area contributed by atoms with Gasteiger partial charge in [-0.1, -0.05) is 67.9 Å². The number of ketones is 2. The molecule has 178 valence electrons. The zero-order valence-corrected chi connectivity index (χ0v) is 21.9. The lowest BCUT2D eigenvalue weighted by Crippen LogP contribution is -2.29. The second-order valence-electron chi connectivity index (χ2n) is 10.4. The maximum atomic E-state index is 13.2. The van der Waals surface area contributed by atoms with Gasteiger partial charge in [0.1, 0.15) is 5.00 Å². The third kappa shape index (κ3) is 3.17. The molecular formula is C32H27NO2S. The molecule has 0 atom stereocenters. The van der Waals surface area contributed by atoms with E-state index in [4.69, 9.17) is 0 Å². The van der Waals surface area contributed by atoms with Crippen LogP contribution in [0, 0.1) is 20.8 Å². The maximum absolute atomic E-state index is 13.2. The zero-order valence-electron chi connectivity index (χ0n) is 21.1. The molecule has 4 heteroatoms. The summed E-state index contributed by atoms with van der Waals surface area (Å²) in [4.78, 5) is 29.6. The first-order valence-electron chi connectivity index (χ1n) is 12.2. The molecule has 0 spiro atoms. The first-order valence-corrected chi connectivity index (χ1v) is 13.0. The highest BCUT2D eigenvalue weighted by atomic mass is 32.1. The second-order valence-corrected chi connectivity index (χ2v) is 11.4. The summed E-state index contributed by atoms with van der Waals surface area (Å²) in [5.74, 6) is -0.366. The van der Waals surface area contributed by atoms with Crippen LogP contribution < -0.4 is 4.90 Å². The monoisotopic (exact) mass is 489 g/mol. The van der Waals surface area contributed by atoms with Crippen LogP contribution in [-0.4, -0.2) is 11.6 Å². The van der Waals surface area contributed by atoms with Gasteiger partial charge in [0.05, 0.1) is 16.9 Å². The molecule has 2 aliphatic rings. The fourth-order valence-electron chi connectivity index (χ4n) is 5.63. The molecule has 36 heavy (non-hydrogen) atoms. The molecule has 0 saturated heterocycles. The Morgan fingerprint density at radius 1 is 0.778 bits per heavy atom. The summed E-state index contributed by atoms with van der Waals surface area (Å²) in [6.45, 7) is 10.7. The molecule has 0 unspecified atom stereocenters.